The molecular formula is C13H12IN3O2. The van der Waals surface area contributed by atoms with Gasteiger partial charge >= 0.3 is 0 Å². The van der Waals surface area contributed by atoms with Crippen molar-refractivity contribution in [2.24, 2.45) is 0 Å². The normalized spacial score (nSPS) is 10.2. The van der Waals surface area contributed by atoms with Gasteiger partial charge in [-0.2, -0.15) is 0 Å². The van der Waals surface area contributed by atoms with E-state index in [0.29, 0.717) is 11.4 Å². The summed E-state index contributed by atoms with van der Waals surface area (Å²) in [5.41, 5.74) is 6.99. The number of nitrogen functional groups attached to an aromatic ring is 1. The fourth-order valence-corrected chi connectivity index (χ4v) is 2.17. The number of nitrogens with zero attached hydrogens (tertiary/aromatic N) is 2. The summed E-state index contributed by atoms with van der Waals surface area (Å²) in [6, 6.07) is 6.51. The minimum atomic E-state index is -0.325. The monoisotopic (exact) mass is 369 g/mol. The van der Waals surface area contributed by atoms with Crippen molar-refractivity contribution < 1.29 is 9.90 Å². The topological polar surface area (TPSA) is 79.5 Å². The van der Waals surface area contributed by atoms with E-state index in [1.54, 1.807) is 31.4 Å². The zero-order valence-electron chi connectivity index (χ0n) is 10.2. The van der Waals surface area contributed by atoms with Gasteiger partial charge in [-0.1, -0.05) is 0 Å². The summed E-state index contributed by atoms with van der Waals surface area (Å²) in [6.45, 7) is 0. The zero-order valence-corrected chi connectivity index (χ0v) is 12.3. The number of hydrogen-bond donors (Lipinski definition) is 2. The van der Waals surface area contributed by atoms with E-state index < -0.39 is 0 Å². The van der Waals surface area contributed by atoms with Gasteiger partial charge in [-0.25, -0.2) is 0 Å². The van der Waals surface area contributed by atoms with E-state index in [-0.39, 0.29) is 17.2 Å². The summed E-state index contributed by atoms with van der Waals surface area (Å²) in [4.78, 5) is 17.6. The molecule has 6 heteroatoms. The smallest absolute Gasteiger partial charge is 0.261 e. The van der Waals surface area contributed by atoms with E-state index >= 15 is 0 Å². The van der Waals surface area contributed by atoms with Crippen LogP contribution in [-0.4, -0.2) is 23.0 Å². The molecular weight excluding hydrogens is 357 g/mol. The standard InChI is InChI=1S/C13H12IN3O2/c1-17(11-4-5-16-7-10(11)15)13(19)9-6-8(14)2-3-12(9)18/h2-7,18H,15H2,1H3. The minimum absolute atomic E-state index is 0.0510. The van der Waals surface area contributed by atoms with Gasteiger partial charge in [0.1, 0.15) is 5.75 Å². The molecule has 19 heavy (non-hydrogen) atoms. The summed E-state index contributed by atoms with van der Waals surface area (Å²) < 4.78 is 0.870. The molecule has 1 aromatic heterocycles. The van der Waals surface area contributed by atoms with E-state index in [1.807, 2.05) is 0 Å². The first-order valence-electron chi connectivity index (χ1n) is 5.46. The third-order valence-corrected chi connectivity index (χ3v) is 3.35. The highest BCUT2D eigenvalue weighted by Gasteiger charge is 2.18. The minimum Gasteiger partial charge on any atom is -0.507 e. The van der Waals surface area contributed by atoms with Crippen LogP contribution in [0.2, 0.25) is 0 Å². The number of hydrogen-bond acceptors (Lipinski definition) is 4. The molecule has 1 amide bonds. The Morgan fingerprint density at radius 2 is 2.16 bits per heavy atom. The highest BCUT2D eigenvalue weighted by atomic mass is 127. The molecule has 2 aromatic rings. The van der Waals surface area contributed by atoms with E-state index in [4.69, 9.17) is 5.73 Å². The molecule has 0 aliphatic rings. The number of carbonyl (C=O) groups is 1. The maximum atomic E-state index is 12.4. The Hall–Kier alpha value is -1.83. The van der Waals surface area contributed by atoms with E-state index in [1.165, 1.54) is 17.2 Å². The number of nitrogens with two attached hydrogens (primary N) is 1. The van der Waals surface area contributed by atoms with Gasteiger partial charge in [0, 0.05) is 16.8 Å². The van der Waals surface area contributed by atoms with Crippen LogP contribution in [0.3, 0.4) is 0 Å². The number of aromatic hydroxyl groups is 1. The first-order valence-corrected chi connectivity index (χ1v) is 6.54. The molecule has 0 saturated heterocycles. The largest absolute Gasteiger partial charge is 0.507 e. The third kappa shape index (κ3) is 2.78. The molecule has 0 atom stereocenters. The number of carbonyl (C=O) groups excluding carboxylic acids is 1. The molecule has 0 saturated carbocycles. The molecule has 0 unspecified atom stereocenters. The number of aromatic nitrogens is 1. The molecule has 0 fully saturated rings. The molecule has 0 aliphatic carbocycles. The molecule has 5 nitrogen and oxygen atoms in total. The predicted octanol–water partition coefficient (Wildman–Crippen LogP) is 2.25. The van der Waals surface area contributed by atoms with Crippen LogP contribution in [0.1, 0.15) is 10.4 Å². The van der Waals surface area contributed by atoms with Gasteiger partial charge < -0.3 is 15.7 Å². The number of pyridine rings is 1. The molecule has 1 heterocycles. The molecule has 0 radical (unpaired) electrons. The molecule has 2 rings (SSSR count). The number of anilines is 2. The van der Waals surface area contributed by atoms with Gasteiger partial charge in [0.05, 0.1) is 23.1 Å². The van der Waals surface area contributed by atoms with Crippen molar-refractivity contribution in [3.63, 3.8) is 0 Å². The number of benzene rings is 1. The van der Waals surface area contributed by atoms with Gasteiger partial charge in [0.2, 0.25) is 0 Å². The van der Waals surface area contributed by atoms with Crippen molar-refractivity contribution in [3.05, 3.63) is 45.8 Å². The number of phenols is 1. The van der Waals surface area contributed by atoms with Gasteiger partial charge in [-0.3, -0.25) is 9.78 Å². The maximum Gasteiger partial charge on any atom is 0.261 e. The van der Waals surface area contributed by atoms with Crippen LogP contribution in [0.5, 0.6) is 5.75 Å². The molecule has 1 aromatic carbocycles. The second-order valence-corrected chi connectivity index (χ2v) is 5.21. The van der Waals surface area contributed by atoms with Crippen LogP contribution >= 0.6 is 22.6 Å². The van der Waals surface area contributed by atoms with Crippen LogP contribution in [0, 0.1) is 3.57 Å². The Kier molecular flexibility index (Phi) is 3.89. The molecule has 0 aliphatic heterocycles. The van der Waals surface area contributed by atoms with E-state index in [9.17, 15) is 9.90 Å². The van der Waals surface area contributed by atoms with Gasteiger partial charge in [0.25, 0.3) is 5.91 Å². The van der Waals surface area contributed by atoms with Crippen LogP contribution in [0.25, 0.3) is 0 Å². The van der Waals surface area contributed by atoms with Gasteiger partial charge in [-0.05, 0) is 46.9 Å². The van der Waals surface area contributed by atoms with E-state index in [0.717, 1.165) is 3.57 Å². The lowest BCUT2D eigenvalue weighted by Crippen LogP contribution is -2.27. The van der Waals surface area contributed by atoms with Crippen molar-refractivity contribution in [2.75, 3.05) is 17.7 Å². The lowest BCUT2D eigenvalue weighted by Gasteiger charge is -2.19. The lowest BCUT2D eigenvalue weighted by molar-refractivity contribution is 0.0990. The lowest BCUT2D eigenvalue weighted by atomic mass is 10.1. The van der Waals surface area contributed by atoms with Crippen LogP contribution < -0.4 is 10.6 Å². The van der Waals surface area contributed by atoms with Crippen molar-refractivity contribution in [1.82, 2.24) is 4.98 Å². The van der Waals surface area contributed by atoms with E-state index in [2.05, 4.69) is 27.6 Å². The molecule has 0 bridgehead atoms. The average molecular weight is 369 g/mol. The number of rotatable bonds is 2. The highest BCUT2D eigenvalue weighted by molar-refractivity contribution is 14.1. The summed E-state index contributed by atoms with van der Waals surface area (Å²) in [6.07, 6.45) is 3.04. The Balaban J connectivity index is 2.39. The second-order valence-electron chi connectivity index (χ2n) is 3.96. The number of amides is 1. The fourth-order valence-electron chi connectivity index (χ4n) is 1.67. The molecule has 0 spiro atoms. The quantitative estimate of drug-likeness (QED) is 0.796. The van der Waals surface area contributed by atoms with Crippen LogP contribution in [0.15, 0.2) is 36.7 Å². The SMILES string of the molecule is CN(C(=O)c1cc(I)ccc1O)c1ccncc1N. The maximum absolute atomic E-state index is 12.4. The Morgan fingerprint density at radius 3 is 2.84 bits per heavy atom. The Bertz CT molecular complexity index is 631. The van der Waals surface area contributed by atoms with Crippen LogP contribution in [0.4, 0.5) is 11.4 Å². The molecule has 3 N–H and O–H groups in total. The Morgan fingerprint density at radius 1 is 1.42 bits per heavy atom. The van der Waals surface area contributed by atoms with Crippen molar-refractivity contribution in [1.29, 1.82) is 0 Å². The first-order chi connectivity index (χ1) is 9.00. The third-order valence-electron chi connectivity index (χ3n) is 2.68. The Labute approximate surface area is 124 Å². The summed E-state index contributed by atoms with van der Waals surface area (Å²) in [5.74, 6) is -0.376. The fraction of sp³-hybridized carbons (Fsp3) is 0.0769. The number of halogens is 1. The number of phenolic OH excluding ortho intramolecular Hbond substituents is 1. The zero-order chi connectivity index (χ0) is 14.0. The predicted molar refractivity (Wildman–Crippen MR) is 82.2 cm³/mol. The van der Waals surface area contributed by atoms with Crippen molar-refractivity contribution in [3.8, 4) is 5.75 Å². The van der Waals surface area contributed by atoms with Crippen molar-refractivity contribution in [2.45, 2.75) is 0 Å². The van der Waals surface area contributed by atoms with Gasteiger partial charge in [-0.15, -0.1) is 0 Å². The first kappa shape index (κ1) is 13.6. The van der Waals surface area contributed by atoms with Gasteiger partial charge in [0.15, 0.2) is 0 Å². The van der Waals surface area contributed by atoms with Crippen LogP contribution in [-0.2, 0) is 0 Å². The average Bonchev–Trinajstić information content (AvgIpc) is 2.40. The van der Waals surface area contributed by atoms with Crippen molar-refractivity contribution >= 4 is 39.9 Å². The molecule has 98 valence electrons. The summed E-state index contributed by atoms with van der Waals surface area (Å²) >= 11 is 2.08. The second kappa shape index (κ2) is 5.43. The summed E-state index contributed by atoms with van der Waals surface area (Å²) in [5, 5.41) is 9.78. The highest BCUT2D eigenvalue weighted by Crippen LogP contribution is 2.26. The summed E-state index contributed by atoms with van der Waals surface area (Å²) in [7, 11) is 1.60.